The van der Waals surface area contributed by atoms with Crippen molar-refractivity contribution in [2.75, 3.05) is 6.26 Å². The van der Waals surface area contributed by atoms with Crippen LogP contribution in [0.25, 0.3) is 11.0 Å². The zero-order valence-corrected chi connectivity index (χ0v) is 11.3. The summed E-state index contributed by atoms with van der Waals surface area (Å²) in [5.41, 5.74) is 1.80. The van der Waals surface area contributed by atoms with E-state index in [0.29, 0.717) is 5.02 Å². The maximum atomic E-state index is 11.3. The van der Waals surface area contributed by atoms with Crippen molar-refractivity contribution < 1.29 is 8.42 Å². The molecule has 0 unspecified atom stereocenters. The van der Waals surface area contributed by atoms with Crippen LogP contribution >= 0.6 is 11.6 Å². The van der Waals surface area contributed by atoms with Crippen LogP contribution in [0.1, 0.15) is 18.3 Å². The Labute approximate surface area is 110 Å². The van der Waals surface area contributed by atoms with E-state index in [4.69, 9.17) is 11.6 Å². The van der Waals surface area contributed by atoms with Crippen molar-refractivity contribution in [2.24, 2.45) is 0 Å². The van der Waals surface area contributed by atoms with Crippen LogP contribution in [0.3, 0.4) is 0 Å². The van der Waals surface area contributed by atoms with Gasteiger partial charge in [-0.2, -0.15) is 0 Å². The fraction of sp³-hybridized carbons (Fsp3) is 0.364. The molecule has 1 aliphatic rings. The third-order valence-corrected chi connectivity index (χ3v) is 4.00. The van der Waals surface area contributed by atoms with Gasteiger partial charge in [-0.15, -0.1) is 0 Å². The molecule has 3 rings (SSSR count). The van der Waals surface area contributed by atoms with E-state index in [-0.39, 0.29) is 6.04 Å². The van der Waals surface area contributed by atoms with Crippen molar-refractivity contribution in [3.05, 3.63) is 29.0 Å². The second-order valence-corrected chi connectivity index (χ2v) is 6.70. The molecule has 5 nitrogen and oxygen atoms in total. The van der Waals surface area contributed by atoms with Gasteiger partial charge in [0.1, 0.15) is 5.82 Å². The van der Waals surface area contributed by atoms with Gasteiger partial charge in [-0.1, -0.05) is 11.6 Å². The van der Waals surface area contributed by atoms with Crippen molar-refractivity contribution >= 4 is 32.7 Å². The van der Waals surface area contributed by atoms with Crippen molar-refractivity contribution in [2.45, 2.75) is 19.0 Å². The summed E-state index contributed by atoms with van der Waals surface area (Å²) in [6, 6.07) is 5.24. The molecule has 0 fully saturated rings. The summed E-state index contributed by atoms with van der Waals surface area (Å²) in [6.07, 6.45) is 1.88. The molecule has 7 heteroatoms. The highest BCUT2D eigenvalue weighted by Crippen LogP contribution is 2.31. The minimum Gasteiger partial charge on any atom is -0.327 e. The molecule has 1 aliphatic heterocycles. The summed E-state index contributed by atoms with van der Waals surface area (Å²) in [5, 5.41) is 0.657. The standard InChI is InChI=1S/C11H12ClN3O2S/c1-18(16,17)14-9-4-5-15-10-6-7(12)2-3-8(10)13-11(9)15/h2-3,6,9,14H,4-5H2,1H3/t9-/m1/s1. The Bertz CT molecular complexity index is 723. The Morgan fingerprint density at radius 1 is 1.50 bits per heavy atom. The summed E-state index contributed by atoms with van der Waals surface area (Å²) in [5.74, 6) is 0.762. The highest BCUT2D eigenvalue weighted by molar-refractivity contribution is 7.88. The van der Waals surface area contributed by atoms with Crippen LogP contribution in [-0.2, 0) is 16.6 Å². The monoisotopic (exact) mass is 285 g/mol. The molecule has 0 amide bonds. The van der Waals surface area contributed by atoms with Crippen LogP contribution in [0.5, 0.6) is 0 Å². The van der Waals surface area contributed by atoms with Crippen LogP contribution in [0.4, 0.5) is 0 Å². The number of halogens is 1. The number of hydrogen-bond donors (Lipinski definition) is 1. The van der Waals surface area contributed by atoms with Gasteiger partial charge in [-0.25, -0.2) is 18.1 Å². The highest BCUT2D eigenvalue weighted by atomic mass is 35.5. The molecule has 18 heavy (non-hydrogen) atoms. The largest absolute Gasteiger partial charge is 0.327 e. The molecule has 1 N–H and O–H groups in total. The number of nitrogens with one attached hydrogen (secondary N) is 1. The fourth-order valence-corrected chi connectivity index (χ4v) is 3.28. The minimum absolute atomic E-state index is 0.244. The number of sulfonamides is 1. The fourth-order valence-electron chi connectivity index (χ4n) is 2.37. The van der Waals surface area contributed by atoms with E-state index in [1.165, 1.54) is 0 Å². The van der Waals surface area contributed by atoms with Crippen LogP contribution < -0.4 is 4.72 Å². The van der Waals surface area contributed by atoms with E-state index in [9.17, 15) is 8.42 Å². The number of benzene rings is 1. The third kappa shape index (κ3) is 2.00. The summed E-state index contributed by atoms with van der Waals surface area (Å²) in [4.78, 5) is 4.48. The predicted molar refractivity (Wildman–Crippen MR) is 70.1 cm³/mol. The van der Waals surface area contributed by atoms with Gasteiger partial charge in [0.15, 0.2) is 0 Å². The maximum absolute atomic E-state index is 11.3. The molecule has 1 aromatic heterocycles. The molecular formula is C11H12ClN3O2S. The molecule has 0 saturated heterocycles. The van der Waals surface area contributed by atoms with Gasteiger partial charge in [-0.3, -0.25) is 0 Å². The average molecular weight is 286 g/mol. The maximum Gasteiger partial charge on any atom is 0.209 e. The third-order valence-electron chi connectivity index (χ3n) is 3.05. The lowest BCUT2D eigenvalue weighted by molar-refractivity contribution is 0.556. The van der Waals surface area contributed by atoms with Gasteiger partial charge in [0.05, 0.1) is 23.3 Å². The molecule has 0 aliphatic carbocycles. The first kappa shape index (κ1) is 12.0. The van der Waals surface area contributed by atoms with Crippen molar-refractivity contribution in [3.8, 4) is 0 Å². The molecule has 0 radical (unpaired) electrons. The van der Waals surface area contributed by atoms with Gasteiger partial charge < -0.3 is 4.57 Å². The van der Waals surface area contributed by atoms with Gasteiger partial charge in [0, 0.05) is 11.6 Å². The van der Waals surface area contributed by atoms with Crippen molar-refractivity contribution in [3.63, 3.8) is 0 Å². The summed E-state index contributed by atoms with van der Waals surface area (Å²) < 4.78 is 27.2. The zero-order chi connectivity index (χ0) is 12.9. The van der Waals surface area contributed by atoms with Crippen molar-refractivity contribution in [1.29, 1.82) is 0 Å². The first-order chi connectivity index (χ1) is 8.44. The predicted octanol–water partition coefficient (Wildman–Crippen LogP) is 1.68. The molecule has 0 spiro atoms. The van der Waals surface area contributed by atoms with E-state index >= 15 is 0 Å². The molecule has 2 heterocycles. The lowest BCUT2D eigenvalue weighted by Crippen LogP contribution is -2.26. The average Bonchev–Trinajstić information content (AvgIpc) is 2.77. The van der Waals surface area contributed by atoms with Gasteiger partial charge in [-0.05, 0) is 24.6 Å². The van der Waals surface area contributed by atoms with Gasteiger partial charge in [0.2, 0.25) is 10.0 Å². The van der Waals surface area contributed by atoms with Crippen molar-refractivity contribution in [1.82, 2.24) is 14.3 Å². The molecule has 96 valence electrons. The first-order valence-corrected chi connectivity index (χ1v) is 7.84. The Hall–Kier alpha value is -1.11. The number of hydrogen-bond acceptors (Lipinski definition) is 3. The number of aryl methyl sites for hydroxylation is 1. The smallest absolute Gasteiger partial charge is 0.209 e. The Morgan fingerprint density at radius 2 is 2.28 bits per heavy atom. The summed E-state index contributed by atoms with van der Waals surface area (Å²) in [7, 11) is -3.23. The zero-order valence-electron chi connectivity index (χ0n) is 9.72. The summed E-state index contributed by atoms with van der Waals surface area (Å²) in [6.45, 7) is 0.749. The molecule has 0 bridgehead atoms. The Balaban J connectivity index is 2.09. The van der Waals surface area contributed by atoms with E-state index in [1.807, 2.05) is 16.7 Å². The molecule has 2 aromatic rings. The van der Waals surface area contributed by atoms with E-state index < -0.39 is 10.0 Å². The van der Waals surface area contributed by atoms with E-state index in [2.05, 4.69) is 9.71 Å². The van der Waals surface area contributed by atoms with Crippen LogP contribution in [0.15, 0.2) is 18.2 Å². The van der Waals surface area contributed by atoms with E-state index in [0.717, 1.165) is 36.1 Å². The lowest BCUT2D eigenvalue weighted by Gasteiger charge is -2.08. The molecule has 1 atom stereocenters. The highest BCUT2D eigenvalue weighted by Gasteiger charge is 2.28. The van der Waals surface area contributed by atoms with E-state index in [1.54, 1.807) is 6.07 Å². The Morgan fingerprint density at radius 3 is 3.00 bits per heavy atom. The van der Waals surface area contributed by atoms with Crippen LogP contribution in [0, 0.1) is 0 Å². The van der Waals surface area contributed by atoms with Gasteiger partial charge >= 0.3 is 0 Å². The molecular weight excluding hydrogens is 274 g/mol. The quantitative estimate of drug-likeness (QED) is 0.913. The number of aromatic nitrogens is 2. The second-order valence-electron chi connectivity index (χ2n) is 4.49. The number of nitrogens with zero attached hydrogens (tertiary/aromatic N) is 2. The topological polar surface area (TPSA) is 64.0 Å². The van der Waals surface area contributed by atoms with Gasteiger partial charge in [0.25, 0.3) is 0 Å². The number of imidazole rings is 1. The minimum atomic E-state index is -3.23. The Kier molecular flexibility index (Phi) is 2.62. The number of fused-ring (bicyclic) bond motifs is 3. The summed E-state index contributed by atoms with van der Waals surface area (Å²) >= 11 is 5.97. The van der Waals surface area contributed by atoms with Crippen LogP contribution in [0.2, 0.25) is 5.02 Å². The first-order valence-electron chi connectivity index (χ1n) is 5.57. The SMILES string of the molecule is CS(=O)(=O)N[C@@H]1CCn2c1nc1ccc(Cl)cc12. The second kappa shape index (κ2) is 3.94. The normalized spacial score (nSPS) is 19.3. The molecule has 1 aromatic carbocycles. The lowest BCUT2D eigenvalue weighted by atomic mass is 10.2. The van der Waals surface area contributed by atoms with Crippen LogP contribution in [-0.4, -0.2) is 24.2 Å². The number of rotatable bonds is 2. The molecule has 0 saturated carbocycles.